The van der Waals surface area contributed by atoms with Crippen LogP contribution in [0.25, 0.3) is 0 Å². The van der Waals surface area contributed by atoms with Gasteiger partial charge in [-0.25, -0.2) is 4.98 Å². The Bertz CT molecular complexity index is 350. The number of methoxy groups -OCH3 is 1. The maximum absolute atomic E-state index is 5.42. The lowest BCUT2D eigenvalue weighted by atomic mass is 9.97. The number of ether oxygens (including phenoxy) is 1. The average molecular weight is 323 g/mol. The van der Waals surface area contributed by atoms with Crippen LogP contribution in [0.4, 0.5) is 0 Å². The van der Waals surface area contributed by atoms with Gasteiger partial charge in [0.2, 0.25) is 0 Å². The summed E-state index contributed by atoms with van der Waals surface area (Å²) in [6, 6.07) is 2.04. The van der Waals surface area contributed by atoms with Crippen LogP contribution in [-0.2, 0) is 10.3 Å². The van der Waals surface area contributed by atoms with Crippen LogP contribution in [0.5, 0.6) is 0 Å². The Morgan fingerprint density at radius 1 is 1.36 bits per heavy atom. The second-order valence-electron chi connectivity index (χ2n) is 3.61. The standard InChI is InChI=1S/C10H13Br2NO/c1-6-7(10(2,3)14-4)5-8(11)9(12)13-6/h5H,1-4H3. The summed E-state index contributed by atoms with van der Waals surface area (Å²) >= 11 is 6.81. The van der Waals surface area contributed by atoms with Gasteiger partial charge in [-0.3, -0.25) is 0 Å². The zero-order valence-corrected chi connectivity index (χ0v) is 11.9. The van der Waals surface area contributed by atoms with Crippen molar-refractivity contribution in [2.24, 2.45) is 0 Å². The molecule has 0 aliphatic carbocycles. The first-order valence-electron chi connectivity index (χ1n) is 4.26. The number of pyridine rings is 1. The van der Waals surface area contributed by atoms with Crippen LogP contribution in [0.15, 0.2) is 15.1 Å². The van der Waals surface area contributed by atoms with Crippen molar-refractivity contribution >= 4 is 31.9 Å². The van der Waals surface area contributed by atoms with E-state index in [9.17, 15) is 0 Å². The van der Waals surface area contributed by atoms with Gasteiger partial charge in [-0.05, 0) is 58.7 Å². The fourth-order valence-corrected chi connectivity index (χ4v) is 1.97. The SMILES string of the molecule is COC(C)(C)c1cc(Br)c(Br)nc1C. The Labute approximate surface area is 101 Å². The van der Waals surface area contributed by atoms with Gasteiger partial charge in [0.25, 0.3) is 0 Å². The highest BCUT2D eigenvalue weighted by atomic mass is 79.9. The third-order valence-electron chi connectivity index (χ3n) is 2.28. The van der Waals surface area contributed by atoms with E-state index in [-0.39, 0.29) is 5.60 Å². The summed E-state index contributed by atoms with van der Waals surface area (Å²) in [7, 11) is 1.70. The average Bonchev–Trinajstić information content (AvgIpc) is 2.11. The third kappa shape index (κ3) is 2.35. The van der Waals surface area contributed by atoms with E-state index in [4.69, 9.17) is 4.74 Å². The lowest BCUT2D eigenvalue weighted by molar-refractivity contribution is 0.0183. The van der Waals surface area contributed by atoms with Crippen molar-refractivity contribution in [2.75, 3.05) is 7.11 Å². The molecule has 0 atom stereocenters. The zero-order valence-electron chi connectivity index (χ0n) is 8.69. The van der Waals surface area contributed by atoms with Gasteiger partial charge >= 0.3 is 0 Å². The number of aryl methyl sites for hydroxylation is 1. The molecule has 14 heavy (non-hydrogen) atoms. The highest BCUT2D eigenvalue weighted by Gasteiger charge is 2.23. The minimum atomic E-state index is -0.305. The van der Waals surface area contributed by atoms with Crippen molar-refractivity contribution in [3.05, 3.63) is 26.4 Å². The van der Waals surface area contributed by atoms with Crippen molar-refractivity contribution in [1.29, 1.82) is 0 Å². The summed E-state index contributed by atoms with van der Waals surface area (Å²) in [5.41, 5.74) is 1.77. The summed E-state index contributed by atoms with van der Waals surface area (Å²) in [5, 5.41) is 0. The molecule has 0 saturated heterocycles. The van der Waals surface area contributed by atoms with Crippen LogP contribution in [0.1, 0.15) is 25.1 Å². The van der Waals surface area contributed by atoms with E-state index in [1.54, 1.807) is 7.11 Å². The van der Waals surface area contributed by atoms with Crippen LogP contribution >= 0.6 is 31.9 Å². The molecule has 0 unspecified atom stereocenters. The molecule has 0 N–H and O–H groups in total. The van der Waals surface area contributed by atoms with E-state index in [1.165, 1.54) is 0 Å². The molecule has 0 saturated carbocycles. The predicted molar refractivity (Wildman–Crippen MR) is 64.4 cm³/mol. The van der Waals surface area contributed by atoms with E-state index in [1.807, 2.05) is 26.8 Å². The summed E-state index contributed by atoms with van der Waals surface area (Å²) in [6.07, 6.45) is 0. The van der Waals surface area contributed by atoms with Gasteiger partial charge in [-0.15, -0.1) is 0 Å². The summed E-state index contributed by atoms with van der Waals surface area (Å²) in [4.78, 5) is 4.38. The maximum Gasteiger partial charge on any atom is 0.120 e. The first kappa shape index (κ1) is 12.1. The Morgan fingerprint density at radius 2 is 1.93 bits per heavy atom. The van der Waals surface area contributed by atoms with Crippen molar-refractivity contribution in [3.8, 4) is 0 Å². The molecule has 0 aliphatic heterocycles. The van der Waals surface area contributed by atoms with Crippen molar-refractivity contribution < 1.29 is 4.74 Å². The van der Waals surface area contributed by atoms with E-state index >= 15 is 0 Å². The first-order chi connectivity index (χ1) is 6.38. The number of aromatic nitrogens is 1. The quantitative estimate of drug-likeness (QED) is 0.773. The van der Waals surface area contributed by atoms with Gasteiger partial charge in [0.05, 0.1) is 10.1 Å². The molecule has 0 aliphatic rings. The topological polar surface area (TPSA) is 22.1 Å². The van der Waals surface area contributed by atoms with Crippen LogP contribution in [0, 0.1) is 6.92 Å². The normalized spacial score (nSPS) is 11.9. The van der Waals surface area contributed by atoms with E-state index < -0.39 is 0 Å². The first-order valence-corrected chi connectivity index (χ1v) is 5.85. The lowest BCUT2D eigenvalue weighted by Gasteiger charge is -2.25. The Balaban J connectivity index is 3.29. The smallest absolute Gasteiger partial charge is 0.120 e. The van der Waals surface area contributed by atoms with Crippen molar-refractivity contribution in [3.63, 3.8) is 0 Å². The number of rotatable bonds is 2. The molecule has 0 bridgehead atoms. The minimum absolute atomic E-state index is 0.305. The monoisotopic (exact) mass is 321 g/mol. The molecule has 2 nitrogen and oxygen atoms in total. The number of hydrogen-bond donors (Lipinski definition) is 0. The van der Waals surface area contributed by atoms with Gasteiger partial charge in [0.1, 0.15) is 4.60 Å². The number of nitrogens with zero attached hydrogens (tertiary/aromatic N) is 1. The molecule has 4 heteroatoms. The van der Waals surface area contributed by atoms with Crippen LogP contribution < -0.4 is 0 Å². The van der Waals surface area contributed by atoms with Gasteiger partial charge in [0, 0.05) is 18.4 Å². The molecule has 1 aromatic heterocycles. The highest BCUT2D eigenvalue weighted by Crippen LogP contribution is 2.31. The summed E-state index contributed by atoms with van der Waals surface area (Å²) in [6.45, 7) is 6.03. The lowest BCUT2D eigenvalue weighted by Crippen LogP contribution is -2.21. The van der Waals surface area contributed by atoms with E-state index in [0.717, 1.165) is 20.3 Å². The van der Waals surface area contributed by atoms with Crippen LogP contribution in [0.3, 0.4) is 0 Å². The summed E-state index contributed by atoms with van der Waals surface area (Å²) in [5.74, 6) is 0. The fourth-order valence-electron chi connectivity index (χ4n) is 1.27. The minimum Gasteiger partial charge on any atom is -0.374 e. The molecule has 0 fully saturated rings. The zero-order chi connectivity index (χ0) is 10.9. The highest BCUT2D eigenvalue weighted by molar-refractivity contribution is 9.13. The summed E-state index contributed by atoms with van der Waals surface area (Å²) < 4.78 is 7.20. The van der Waals surface area contributed by atoms with Gasteiger partial charge in [0.15, 0.2) is 0 Å². The molecule has 1 rings (SSSR count). The molecule has 0 radical (unpaired) electrons. The van der Waals surface area contributed by atoms with E-state index in [0.29, 0.717) is 0 Å². The largest absolute Gasteiger partial charge is 0.374 e. The molecule has 0 amide bonds. The Kier molecular flexibility index (Phi) is 3.72. The number of halogens is 2. The van der Waals surface area contributed by atoms with E-state index in [2.05, 4.69) is 36.8 Å². The maximum atomic E-state index is 5.42. The van der Waals surface area contributed by atoms with Crippen LogP contribution in [-0.4, -0.2) is 12.1 Å². The van der Waals surface area contributed by atoms with Crippen molar-refractivity contribution in [1.82, 2.24) is 4.98 Å². The third-order valence-corrected chi connectivity index (χ3v) is 4.02. The predicted octanol–water partition coefficient (Wildman–Crippen LogP) is 3.80. The molecule has 1 heterocycles. The fraction of sp³-hybridized carbons (Fsp3) is 0.500. The second kappa shape index (κ2) is 4.29. The second-order valence-corrected chi connectivity index (χ2v) is 5.21. The van der Waals surface area contributed by atoms with Gasteiger partial charge in [-0.1, -0.05) is 0 Å². The van der Waals surface area contributed by atoms with Gasteiger partial charge in [-0.2, -0.15) is 0 Å². The van der Waals surface area contributed by atoms with Crippen LogP contribution in [0.2, 0.25) is 0 Å². The molecular formula is C10H13Br2NO. The molecule has 0 spiro atoms. The van der Waals surface area contributed by atoms with Crippen molar-refractivity contribution in [2.45, 2.75) is 26.4 Å². The van der Waals surface area contributed by atoms with Gasteiger partial charge < -0.3 is 4.74 Å². The molecule has 0 aromatic carbocycles. The number of hydrogen-bond acceptors (Lipinski definition) is 2. The molecule has 78 valence electrons. The molecule has 1 aromatic rings. The Hall–Kier alpha value is 0.0700. The molecular weight excluding hydrogens is 310 g/mol. The Morgan fingerprint density at radius 3 is 2.43 bits per heavy atom.